The highest BCUT2D eigenvalue weighted by atomic mass is 16.4. The van der Waals surface area contributed by atoms with E-state index in [1.54, 1.807) is 16.7 Å². The number of aryl methyl sites for hydroxylation is 1. The lowest BCUT2D eigenvalue weighted by Crippen LogP contribution is -2.49. The number of rotatable bonds is 4. The zero-order valence-corrected chi connectivity index (χ0v) is 14.2. The maximum absolute atomic E-state index is 12.8. The fourth-order valence-electron chi connectivity index (χ4n) is 2.97. The fourth-order valence-corrected chi connectivity index (χ4v) is 2.97. The monoisotopic (exact) mass is 320 g/mol. The predicted molar refractivity (Wildman–Crippen MR) is 86.6 cm³/mol. The van der Waals surface area contributed by atoms with Crippen molar-refractivity contribution in [3.8, 4) is 0 Å². The lowest BCUT2D eigenvalue weighted by molar-refractivity contribution is -0.152. The Morgan fingerprint density at radius 3 is 2.65 bits per heavy atom. The highest BCUT2D eigenvalue weighted by Crippen LogP contribution is 2.34. The molecule has 2 rings (SSSR count). The van der Waals surface area contributed by atoms with E-state index >= 15 is 0 Å². The first kappa shape index (κ1) is 17.2. The van der Waals surface area contributed by atoms with Crippen LogP contribution in [0.4, 0.5) is 5.95 Å². The number of nitrogens with zero attached hydrogens (tertiary/aromatic N) is 4. The predicted octanol–water partition coefficient (Wildman–Crippen LogP) is 1.57. The van der Waals surface area contributed by atoms with Crippen LogP contribution in [0.2, 0.25) is 0 Å². The van der Waals surface area contributed by atoms with E-state index < -0.39 is 11.4 Å². The third kappa shape index (κ3) is 3.28. The lowest BCUT2D eigenvalue weighted by Gasteiger charge is -2.39. The molecule has 2 heterocycles. The maximum atomic E-state index is 12.8. The van der Waals surface area contributed by atoms with Gasteiger partial charge in [-0.2, -0.15) is 0 Å². The number of anilines is 1. The number of hydrogen-bond donors (Lipinski definition) is 1. The number of aliphatic carboxylic acids is 1. The van der Waals surface area contributed by atoms with Gasteiger partial charge in [0.05, 0.1) is 16.7 Å². The van der Waals surface area contributed by atoms with E-state index in [4.69, 9.17) is 0 Å². The molecule has 1 unspecified atom stereocenters. The zero-order chi connectivity index (χ0) is 17.2. The van der Waals surface area contributed by atoms with Crippen molar-refractivity contribution in [2.75, 3.05) is 32.1 Å². The van der Waals surface area contributed by atoms with Gasteiger partial charge in [0.15, 0.2) is 0 Å². The van der Waals surface area contributed by atoms with Gasteiger partial charge in [-0.1, -0.05) is 6.92 Å². The molecule has 1 saturated heterocycles. The van der Waals surface area contributed by atoms with E-state index in [1.807, 2.05) is 21.0 Å². The second-order valence-electron chi connectivity index (χ2n) is 6.33. The van der Waals surface area contributed by atoms with Crippen LogP contribution < -0.4 is 4.90 Å². The number of aromatic nitrogens is 2. The van der Waals surface area contributed by atoms with Gasteiger partial charge in [0, 0.05) is 33.4 Å². The van der Waals surface area contributed by atoms with Crippen LogP contribution in [-0.2, 0) is 4.79 Å². The number of hydrogen-bond acceptors (Lipinski definition) is 5. The van der Waals surface area contributed by atoms with Crippen LogP contribution in [0, 0.1) is 12.3 Å². The molecule has 1 aliphatic rings. The standard InChI is InChI=1S/C16H24N4O3/c1-5-16(14(22)23)7-6-8-20(10-16)13(21)12-9-17-15(19(3)4)18-11(12)2/h9H,5-8,10H2,1-4H3,(H,22,23). The number of likely N-dealkylation sites (tertiary alicyclic amines) is 1. The van der Waals surface area contributed by atoms with Crippen LogP contribution in [0.5, 0.6) is 0 Å². The summed E-state index contributed by atoms with van der Waals surface area (Å²) < 4.78 is 0. The third-order valence-electron chi connectivity index (χ3n) is 4.59. The topological polar surface area (TPSA) is 86.6 Å². The molecule has 1 aromatic heterocycles. The molecule has 7 heteroatoms. The molecule has 1 fully saturated rings. The summed E-state index contributed by atoms with van der Waals surface area (Å²) in [6.45, 7) is 4.45. The molecular weight excluding hydrogens is 296 g/mol. The molecule has 1 atom stereocenters. The van der Waals surface area contributed by atoms with E-state index in [-0.39, 0.29) is 12.5 Å². The summed E-state index contributed by atoms with van der Waals surface area (Å²) in [7, 11) is 3.67. The van der Waals surface area contributed by atoms with Crippen LogP contribution >= 0.6 is 0 Å². The van der Waals surface area contributed by atoms with Crippen LogP contribution in [-0.4, -0.2) is 59.0 Å². The molecule has 1 aromatic rings. The van der Waals surface area contributed by atoms with E-state index in [9.17, 15) is 14.7 Å². The minimum absolute atomic E-state index is 0.188. The Kier molecular flexibility index (Phi) is 4.87. The first-order chi connectivity index (χ1) is 10.8. The second-order valence-corrected chi connectivity index (χ2v) is 6.33. The van der Waals surface area contributed by atoms with Gasteiger partial charge < -0.3 is 14.9 Å². The summed E-state index contributed by atoms with van der Waals surface area (Å²) in [4.78, 5) is 36.3. The highest BCUT2D eigenvalue weighted by Gasteiger charge is 2.42. The van der Waals surface area contributed by atoms with Gasteiger partial charge in [-0.3, -0.25) is 9.59 Å². The van der Waals surface area contributed by atoms with Crippen LogP contribution in [0.25, 0.3) is 0 Å². The Hall–Kier alpha value is -2.18. The van der Waals surface area contributed by atoms with Crippen molar-refractivity contribution in [3.63, 3.8) is 0 Å². The Bertz CT molecular complexity index is 617. The van der Waals surface area contributed by atoms with Gasteiger partial charge >= 0.3 is 5.97 Å². The summed E-state index contributed by atoms with van der Waals surface area (Å²) in [5, 5.41) is 9.54. The molecule has 23 heavy (non-hydrogen) atoms. The summed E-state index contributed by atoms with van der Waals surface area (Å²) >= 11 is 0. The SMILES string of the molecule is CCC1(C(=O)O)CCCN(C(=O)c2cnc(N(C)C)nc2C)C1. The van der Waals surface area contributed by atoms with Gasteiger partial charge in [-0.15, -0.1) is 0 Å². The molecule has 0 saturated carbocycles. The number of carboxylic acid groups (broad SMARTS) is 1. The zero-order valence-electron chi connectivity index (χ0n) is 14.2. The number of carbonyl (C=O) groups excluding carboxylic acids is 1. The number of carboxylic acids is 1. The molecule has 0 spiro atoms. The molecule has 1 aliphatic heterocycles. The number of piperidine rings is 1. The largest absolute Gasteiger partial charge is 0.481 e. The van der Waals surface area contributed by atoms with E-state index in [2.05, 4.69) is 9.97 Å². The summed E-state index contributed by atoms with van der Waals surface area (Å²) in [6.07, 6.45) is 3.35. The Morgan fingerprint density at radius 2 is 2.13 bits per heavy atom. The highest BCUT2D eigenvalue weighted by molar-refractivity contribution is 5.95. The Labute approximate surface area is 136 Å². The van der Waals surface area contributed by atoms with Crippen molar-refractivity contribution in [2.24, 2.45) is 5.41 Å². The molecule has 0 bridgehead atoms. The summed E-state index contributed by atoms with van der Waals surface area (Å²) in [5.74, 6) is -0.467. The fraction of sp³-hybridized carbons (Fsp3) is 0.625. The average Bonchev–Trinajstić information content (AvgIpc) is 2.53. The van der Waals surface area contributed by atoms with Gasteiger partial charge in [-0.25, -0.2) is 9.97 Å². The quantitative estimate of drug-likeness (QED) is 0.906. The van der Waals surface area contributed by atoms with Crippen LogP contribution in [0.3, 0.4) is 0 Å². The molecule has 0 radical (unpaired) electrons. The first-order valence-electron chi connectivity index (χ1n) is 7.84. The van der Waals surface area contributed by atoms with Gasteiger partial charge in [-0.05, 0) is 26.2 Å². The molecule has 0 aromatic carbocycles. The van der Waals surface area contributed by atoms with Crippen LogP contribution in [0.15, 0.2) is 6.20 Å². The van der Waals surface area contributed by atoms with Crippen LogP contribution in [0.1, 0.15) is 42.2 Å². The molecule has 0 aliphatic carbocycles. The van der Waals surface area contributed by atoms with Crippen molar-refractivity contribution in [2.45, 2.75) is 33.1 Å². The third-order valence-corrected chi connectivity index (χ3v) is 4.59. The minimum Gasteiger partial charge on any atom is -0.481 e. The Morgan fingerprint density at radius 1 is 1.43 bits per heavy atom. The smallest absolute Gasteiger partial charge is 0.311 e. The molecule has 126 valence electrons. The van der Waals surface area contributed by atoms with E-state index in [0.29, 0.717) is 43.0 Å². The normalized spacial score (nSPS) is 21.1. The molecular formula is C16H24N4O3. The maximum Gasteiger partial charge on any atom is 0.311 e. The second kappa shape index (κ2) is 6.52. The average molecular weight is 320 g/mol. The van der Waals surface area contributed by atoms with Crippen molar-refractivity contribution in [1.82, 2.24) is 14.9 Å². The van der Waals surface area contributed by atoms with Crippen molar-refractivity contribution in [1.29, 1.82) is 0 Å². The summed E-state index contributed by atoms with van der Waals surface area (Å²) in [5.41, 5.74) is 0.205. The van der Waals surface area contributed by atoms with Gasteiger partial charge in [0.1, 0.15) is 0 Å². The molecule has 7 nitrogen and oxygen atoms in total. The van der Waals surface area contributed by atoms with Gasteiger partial charge in [0.25, 0.3) is 5.91 Å². The van der Waals surface area contributed by atoms with E-state index in [1.165, 1.54) is 6.20 Å². The van der Waals surface area contributed by atoms with E-state index in [0.717, 1.165) is 0 Å². The summed E-state index contributed by atoms with van der Waals surface area (Å²) in [6, 6.07) is 0. The Balaban J connectivity index is 2.25. The lowest BCUT2D eigenvalue weighted by atomic mass is 9.77. The first-order valence-corrected chi connectivity index (χ1v) is 7.84. The molecule has 1 N–H and O–H groups in total. The number of carbonyl (C=O) groups is 2. The van der Waals surface area contributed by atoms with Gasteiger partial charge in [0.2, 0.25) is 5.95 Å². The molecule has 1 amide bonds. The van der Waals surface area contributed by atoms with Crippen molar-refractivity contribution in [3.05, 3.63) is 17.5 Å². The van der Waals surface area contributed by atoms with Crippen molar-refractivity contribution < 1.29 is 14.7 Å². The van der Waals surface area contributed by atoms with Crippen molar-refractivity contribution >= 4 is 17.8 Å². The minimum atomic E-state index is -0.841. The number of amides is 1.